The van der Waals surface area contributed by atoms with Crippen LogP contribution in [0.5, 0.6) is 0 Å². The van der Waals surface area contributed by atoms with E-state index in [4.69, 9.17) is 0 Å². The zero-order valence-electron chi connectivity index (χ0n) is 15.9. The molecule has 29 heavy (non-hydrogen) atoms. The van der Waals surface area contributed by atoms with Crippen LogP contribution in [0, 0.1) is 20.2 Å². The van der Waals surface area contributed by atoms with Gasteiger partial charge in [0.15, 0.2) is 0 Å². The van der Waals surface area contributed by atoms with Crippen molar-refractivity contribution in [1.29, 1.82) is 0 Å². The quantitative estimate of drug-likeness (QED) is 0.540. The molecule has 156 valence electrons. The fourth-order valence-electron chi connectivity index (χ4n) is 3.53. The molecule has 3 rings (SSSR count). The minimum atomic E-state index is -0.510. The number of nitrogens with one attached hydrogen (secondary N) is 1. The number of nitro groups is 2. The lowest BCUT2D eigenvalue weighted by Crippen LogP contribution is -2.44. The van der Waals surface area contributed by atoms with Crippen LogP contribution in [0.4, 0.5) is 10.7 Å². The monoisotopic (exact) mass is 440 g/mol. The molecule has 1 amide bonds. The van der Waals surface area contributed by atoms with Gasteiger partial charge in [-0.25, -0.2) is 0 Å². The number of hydrogen-bond donors (Lipinski definition) is 1. The van der Waals surface area contributed by atoms with Gasteiger partial charge in [0.25, 0.3) is 11.6 Å². The number of fused-ring (bicyclic) bond motifs is 1. The summed E-state index contributed by atoms with van der Waals surface area (Å²) in [5, 5.41) is 24.7. The van der Waals surface area contributed by atoms with E-state index >= 15 is 0 Å². The lowest BCUT2D eigenvalue weighted by molar-refractivity contribution is -0.384. The Morgan fingerprint density at radius 2 is 1.86 bits per heavy atom. The predicted molar refractivity (Wildman–Crippen MR) is 112 cm³/mol. The van der Waals surface area contributed by atoms with Crippen molar-refractivity contribution >= 4 is 40.3 Å². The number of benzene rings is 1. The molecule has 0 spiro atoms. The second-order valence-electron chi connectivity index (χ2n) is 6.75. The predicted octanol–water partition coefficient (Wildman–Crippen LogP) is 3.72. The molecule has 2 atom stereocenters. The Morgan fingerprint density at radius 3 is 2.45 bits per heavy atom. The fraction of sp³-hybridized carbons (Fsp3) is 0.389. The number of nitrogens with zero attached hydrogens (tertiary/aromatic N) is 3. The Labute approximate surface area is 177 Å². The maximum absolute atomic E-state index is 12.2. The Morgan fingerprint density at radius 1 is 1.21 bits per heavy atom. The highest BCUT2D eigenvalue weighted by Gasteiger charge is 2.32. The van der Waals surface area contributed by atoms with E-state index in [0.717, 1.165) is 16.9 Å². The molecule has 1 aromatic carbocycles. The normalized spacial score (nSPS) is 18.4. The minimum Gasteiger partial charge on any atom is -0.351 e. The van der Waals surface area contributed by atoms with Gasteiger partial charge in [-0.15, -0.1) is 12.4 Å². The first-order chi connectivity index (χ1) is 13.3. The molecule has 0 fully saturated rings. The third-order valence-electron chi connectivity index (χ3n) is 5.00. The summed E-state index contributed by atoms with van der Waals surface area (Å²) in [5.74, 6) is -0.293. The van der Waals surface area contributed by atoms with Crippen molar-refractivity contribution in [3.8, 4) is 0 Å². The summed E-state index contributed by atoms with van der Waals surface area (Å²) >= 11 is 1.24. The Balaban J connectivity index is 0.00000300. The van der Waals surface area contributed by atoms with Gasteiger partial charge in [0.05, 0.1) is 9.85 Å². The molecule has 1 aliphatic heterocycles. The molecule has 2 aromatic rings. The van der Waals surface area contributed by atoms with Crippen LogP contribution in [-0.4, -0.2) is 39.8 Å². The highest BCUT2D eigenvalue weighted by atomic mass is 35.5. The van der Waals surface area contributed by atoms with Crippen molar-refractivity contribution in [3.63, 3.8) is 0 Å². The van der Waals surface area contributed by atoms with E-state index in [2.05, 4.69) is 17.1 Å². The minimum absolute atomic E-state index is 0. The number of carbonyl (C=O) groups is 1. The summed E-state index contributed by atoms with van der Waals surface area (Å²) < 4.78 is 0. The van der Waals surface area contributed by atoms with Gasteiger partial charge in [0.1, 0.15) is 0 Å². The summed E-state index contributed by atoms with van der Waals surface area (Å²) in [6.07, 6.45) is 0.745. The number of hydrogen-bond acceptors (Lipinski definition) is 7. The van der Waals surface area contributed by atoms with E-state index in [-0.39, 0.29) is 46.0 Å². The van der Waals surface area contributed by atoms with Crippen LogP contribution in [0.1, 0.15) is 40.7 Å². The molecule has 1 N–H and O–H groups in total. The third-order valence-corrected chi connectivity index (χ3v) is 6.12. The van der Waals surface area contributed by atoms with Crippen molar-refractivity contribution in [2.24, 2.45) is 0 Å². The van der Waals surface area contributed by atoms with Crippen LogP contribution in [0.15, 0.2) is 30.3 Å². The van der Waals surface area contributed by atoms with Crippen LogP contribution in [0.3, 0.4) is 0 Å². The van der Waals surface area contributed by atoms with Crippen LogP contribution < -0.4 is 5.32 Å². The molecule has 1 aromatic heterocycles. The van der Waals surface area contributed by atoms with Crippen LogP contribution in [-0.2, 0) is 6.42 Å². The summed E-state index contributed by atoms with van der Waals surface area (Å²) in [5.41, 5.74) is 1.28. The van der Waals surface area contributed by atoms with Gasteiger partial charge in [0, 0.05) is 53.8 Å². The first-order valence-electron chi connectivity index (χ1n) is 8.83. The fourth-order valence-corrected chi connectivity index (χ4v) is 4.71. The smallest absolute Gasteiger partial charge is 0.324 e. The highest BCUT2D eigenvalue weighted by molar-refractivity contribution is 7.15. The van der Waals surface area contributed by atoms with Crippen LogP contribution >= 0.6 is 23.7 Å². The number of rotatable bonds is 6. The van der Waals surface area contributed by atoms with E-state index in [0.29, 0.717) is 18.7 Å². The van der Waals surface area contributed by atoms with Crippen molar-refractivity contribution in [2.75, 3.05) is 13.1 Å². The van der Waals surface area contributed by atoms with E-state index in [1.54, 1.807) is 6.07 Å². The summed E-state index contributed by atoms with van der Waals surface area (Å²) in [6.45, 7) is 5.10. The number of non-ortho nitro benzene ring substituents is 1. The second-order valence-corrected chi connectivity index (χ2v) is 7.86. The molecule has 2 unspecified atom stereocenters. The van der Waals surface area contributed by atoms with E-state index in [1.165, 1.54) is 35.6 Å². The van der Waals surface area contributed by atoms with Gasteiger partial charge in [-0.2, -0.15) is 0 Å². The SMILES string of the molecule is CC1Cc2sc([N+](=O)[O-])cc2C(C)N1CCNC(=O)c1ccc([N+](=O)[O-])cc1.Cl. The van der Waals surface area contributed by atoms with Gasteiger partial charge >= 0.3 is 5.00 Å². The van der Waals surface area contributed by atoms with Crippen LogP contribution in [0.2, 0.25) is 0 Å². The molecular weight excluding hydrogens is 420 g/mol. The molecule has 0 saturated heterocycles. The summed E-state index contributed by atoms with van der Waals surface area (Å²) in [7, 11) is 0. The van der Waals surface area contributed by atoms with Crippen molar-refractivity contribution in [3.05, 3.63) is 66.6 Å². The molecular formula is C18H21ClN4O5S. The van der Waals surface area contributed by atoms with Gasteiger partial charge in [-0.1, -0.05) is 11.3 Å². The average Bonchev–Trinajstić information content (AvgIpc) is 3.08. The lowest BCUT2D eigenvalue weighted by Gasteiger charge is -2.38. The second kappa shape index (κ2) is 9.29. The number of thiophene rings is 1. The summed E-state index contributed by atoms with van der Waals surface area (Å²) in [4.78, 5) is 36.4. The van der Waals surface area contributed by atoms with Gasteiger partial charge < -0.3 is 5.32 Å². The standard InChI is InChI=1S/C18H20N4O5S.ClH/c1-11-9-16-15(10-17(28-16)22(26)27)12(2)20(11)8-7-19-18(23)13-3-5-14(6-4-13)21(24)25;/h3-6,10-12H,7-9H2,1-2H3,(H,19,23);1H. The maximum Gasteiger partial charge on any atom is 0.324 e. The molecule has 0 saturated carbocycles. The lowest BCUT2D eigenvalue weighted by atomic mass is 9.96. The Bertz CT molecular complexity index is 917. The first-order valence-corrected chi connectivity index (χ1v) is 9.65. The zero-order valence-corrected chi connectivity index (χ0v) is 17.5. The van der Waals surface area contributed by atoms with Crippen molar-refractivity contribution in [2.45, 2.75) is 32.4 Å². The van der Waals surface area contributed by atoms with Gasteiger partial charge in [-0.05, 0) is 38.0 Å². The number of carbonyl (C=O) groups excluding carboxylic acids is 1. The molecule has 0 aliphatic carbocycles. The van der Waals surface area contributed by atoms with E-state index in [9.17, 15) is 25.0 Å². The number of nitro benzene ring substituents is 1. The van der Waals surface area contributed by atoms with Crippen LogP contribution in [0.25, 0.3) is 0 Å². The zero-order chi connectivity index (χ0) is 20.4. The maximum atomic E-state index is 12.2. The number of amides is 1. The third kappa shape index (κ3) is 4.89. The molecule has 0 radical (unpaired) electrons. The van der Waals surface area contributed by atoms with Gasteiger partial charge in [-0.3, -0.25) is 29.9 Å². The molecule has 2 heterocycles. The highest BCUT2D eigenvalue weighted by Crippen LogP contribution is 2.40. The first kappa shape index (κ1) is 22.7. The Hall–Kier alpha value is -2.56. The van der Waals surface area contributed by atoms with E-state index < -0.39 is 4.92 Å². The van der Waals surface area contributed by atoms with Crippen molar-refractivity contribution in [1.82, 2.24) is 10.2 Å². The molecule has 0 bridgehead atoms. The van der Waals surface area contributed by atoms with E-state index in [1.807, 2.05) is 6.92 Å². The number of halogens is 1. The molecule has 9 nitrogen and oxygen atoms in total. The molecule has 1 aliphatic rings. The van der Waals surface area contributed by atoms with Crippen molar-refractivity contribution < 1.29 is 14.6 Å². The topological polar surface area (TPSA) is 119 Å². The molecule has 11 heteroatoms. The summed E-state index contributed by atoms with van der Waals surface area (Å²) in [6, 6.07) is 7.34. The Kier molecular flexibility index (Phi) is 7.28. The van der Waals surface area contributed by atoms with Gasteiger partial charge in [0.2, 0.25) is 0 Å². The largest absolute Gasteiger partial charge is 0.351 e. The average molecular weight is 441 g/mol.